The van der Waals surface area contributed by atoms with Crippen molar-refractivity contribution in [1.29, 1.82) is 0 Å². The second kappa shape index (κ2) is 6.43. The first-order valence-electron chi connectivity index (χ1n) is 10.3. The Morgan fingerprint density at radius 2 is 1.75 bits per heavy atom. The van der Waals surface area contributed by atoms with Gasteiger partial charge in [0.15, 0.2) is 0 Å². The molecule has 1 aromatic heterocycles. The molecule has 0 amide bonds. The van der Waals surface area contributed by atoms with Crippen LogP contribution in [0, 0.1) is 0 Å². The summed E-state index contributed by atoms with van der Waals surface area (Å²) in [4.78, 5) is 5.74. The summed E-state index contributed by atoms with van der Waals surface area (Å²) in [5.41, 5.74) is 3.95. The van der Waals surface area contributed by atoms with Crippen LogP contribution in [0.4, 0.5) is 4.39 Å². The van der Waals surface area contributed by atoms with Crippen molar-refractivity contribution in [2.24, 2.45) is 0 Å². The summed E-state index contributed by atoms with van der Waals surface area (Å²) in [5, 5.41) is 5.01. The third-order valence-electron chi connectivity index (χ3n) is 7.18. The molecule has 2 aliphatic rings. The van der Waals surface area contributed by atoms with E-state index in [0.717, 1.165) is 31.4 Å². The number of halogens is 1. The maximum atomic E-state index is 16.1. The Hall–Kier alpha value is -2.17. The standard InChI is InChI=1S/C24H28FN3/c1-28(2)24(17-8-4-3-5-9-17)14-13-23(16-21(24)25)22-19(12-15-26-23)18-10-6-7-11-20(18)27-22/h3-11,21,26-27H,12-16H2,1-2H3. The van der Waals surface area contributed by atoms with Crippen LogP contribution in [-0.4, -0.2) is 36.7 Å². The SMILES string of the molecule is CN(C)C1(c2ccccc2)CCC2(CC1F)NCCc1c2[nH]c2ccccc12. The summed E-state index contributed by atoms with van der Waals surface area (Å²) in [6.07, 6.45) is 2.23. The molecule has 0 saturated heterocycles. The van der Waals surface area contributed by atoms with Gasteiger partial charge < -0.3 is 10.3 Å². The molecule has 3 atom stereocenters. The molecule has 1 saturated carbocycles. The van der Waals surface area contributed by atoms with Gasteiger partial charge in [0.25, 0.3) is 0 Å². The summed E-state index contributed by atoms with van der Waals surface area (Å²) < 4.78 is 16.1. The van der Waals surface area contributed by atoms with Gasteiger partial charge in [-0.1, -0.05) is 48.5 Å². The highest BCUT2D eigenvalue weighted by Gasteiger charge is 2.54. The van der Waals surface area contributed by atoms with Crippen molar-refractivity contribution in [3.63, 3.8) is 0 Å². The van der Waals surface area contributed by atoms with Crippen molar-refractivity contribution in [2.45, 2.75) is 42.9 Å². The van der Waals surface area contributed by atoms with E-state index in [-0.39, 0.29) is 5.54 Å². The van der Waals surface area contributed by atoms with Crippen LogP contribution >= 0.6 is 0 Å². The van der Waals surface area contributed by atoms with Gasteiger partial charge >= 0.3 is 0 Å². The largest absolute Gasteiger partial charge is 0.357 e. The molecule has 1 aliphatic heterocycles. The van der Waals surface area contributed by atoms with E-state index in [4.69, 9.17) is 0 Å². The number of hydrogen-bond acceptors (Lipinski definition) is 2. The zero-order chi connectivity index (χ0) is 19.4. The summed E-state index contributed by atoms with van der Waals surface area (Å²) >= 11 is 0. The lowest BCUT2D eigenvalue weighted by Crippen LogP contribution is -2.60. The maximum absolute atomic E-state index is 16.1. The molecule has 3 nitrogen and oxygen atoms in total. The lowest BCUT2D eigenvalue weighted by Gasteiger charge is -2.53. The van der Waals surface area contributed by atoms with Crippen LogP contribution in [0.25, 0.3) is 10.9 Å². The molecule has 1 aliphatic carbocycles. The molecule has 2 N–H and O–H groups in total. The van der Waals surface area contributed by atoms with Crippen molar-refractivity contribution in [3.05, 3.63) is 71.4 Å². The van der Waals surface area contributed by atoms with Crippen molar-refractivity contribution >= 4 is 10.9 Å². The van der Waals surface area contributed by atoms with Crippen LogP contribution < -0.4 is 5.32 Å². The molecule has 1 fully saturated rings. The fraction of sp³-hybridized carbons (Fsp3) is 0.417. The van der Waals surface area contributed by atoms with E-state index < -0.39 is 11.7 Å². The van der Waals surface area contributed by atoms with Gasteiger partial charge in [0.05, 0.1) is 11.1 Å². The maximum Gasteiger partial charge on any atom is 0.125 e. The van der Waals surface area contributed by atoms with Gasteiger partial charge in [-0.2, -0.15) is 0 Å². The van der Waals surface area contributed by atoms with E-state index in [2.05, 4.69) is 51.6 Å². The van der Waals surface area contributed by atoms with E-state index >= 15 is 4.39 Å². The number of hydrogen-bond donors (Lipinski definition) is 2. The molecular formula is C24H28FN3. The summed E-state index contributed by atoms with van der Waals surface area (Å²) in [5.74, 6) is 0. The summed E-state index contributed by atoms with van der Waals surface area (Å²) in [7, 11) is 4.03. The Balaban J connectivity index is 1.58. The van der Waals surface area contributed by atoms with Crippen molar-refractivity contribution in [3.8, 4) is 0 Å². The zero-order valence-corrected chi connectivity index (χ0v) is 16.6. The highest BCUT2D eigenvalue weighted by Crippen LogP contribution is 2.51. The highest BCUT2D eigenvalue weighted by atomic mass is 19.1. The van der Waals surface area contributed by atoms with Crippen LogP contribution in [0.5, 0.6) is 0 Å². The molecule has 28 heavy (non-hydrogen) atoms. The first kappa shape index (κ1) is 17.9. The molecule has 3 unspecified atom stereocenters. The lowest BCUT2D eigenvalue weighted by molar-refractivity contribution is -0.0294. The second-order valence-corrected chi connectivity index (χ2v) is 8.64. The van der Waals surface area contributed by atoms with Gasteiger partial charge in [0.2, 0.25) is 0 Å². The number of aromatic nitrogens is 1. The molecule has 5 rings (SSSR count). The molecule has 2 heterocycles. The molecule has 3 aromatic rings. The first-order valence-corrected chi connectivity index (χ1v) is 10.3. The third kappa shape index (κ3) is 2.41. The number of nitrogens with zero attached hydrogens (tertiary/aromatic N) is 1. The summed E-state index contributed by atoms with van der Waals surface area (Å²) in [6, 6.07) is 18.7. The summed E-state index contributed by atoms with van der Waals surface area (Å²) in [6.45, 7) is 0.905. The van der Waals surface area contributed by atoms with E-state index in [1.807, 2.05) is 32.3 Å². The van der Waals surface area contributed by atoms with Crippen molar-refractivity contribution in [1.82, 2.24) is 15.2 Å². The molecule has 2 aromatic carbocycles. The van der Waals surface area contributed by atoms with Crippen LogP contribution in [0.3, 0.4) is 0 Å². The minimum atomic E-state index is -0.955. The van der Waals surface area contributed by atoms with E-state index in [9.17, 15) is 0 Å². The van der Waals surface area contributed by atoms with Crippen molar-refractivity contribution < 1.29 is 4.39 Å². The average molecular weight is 378 g/mol. The minimum absolute atomic E-state index is 0.305. The smallest absolute Gasteiger partial charge is 0.125 e. The average Bonchev–Trinajstić information content (AvgIpc) is 3.09. The number of nitrogens with one attached hydrogen (secondary N) is 2. The number of aromatic amines is 1. The van der Waals surface area contributed by atoms with E-state index in [1.165, 1.54) is 22.2 Å². The molecule has 0 bridgehead atoms. The molecule has 0 radical (unpaired) electrons. The Labute approximate surface area is 165 Å². The number of para-hydroxylation sites is 1. The van der Waals surface area contributed by atoms with Gasteiger partial charge in [-0.05, 0) is 50.6 Å². The Morgan fingerprint density at radius 1 is 1.00 bits per heavy atom. The van der Waals surface area contributed by atoms with Crippen LogP contribution in [0.2, 0.25) is 0 Å². The van der Waals surface area contributed by atoms with E-state index in [0.29, 0.717) is 6.42 Å². The van der Waals surface area contributed by atoms with Gasteiger partial charge in [-0.3, -0.25) is 4.90 Å². The number of rotatable bonds is 2. The van der Waals surface area contributed by atoms with Crippen LogP contribution in [-0.2, 0) is 17.5 Å². The molecule has 1 spiro atoms. The minimum Gasteiger partial charge on any atom is -0.357 e. The second-order valence-electron chi connectivity index (χ2n) is 8.64. The van der Waals surface area contributed by atoms with Crippen LogP contribution in [0.1, 0.15) is 36.1 Å². The number of alkyl halides is 1. The Morgan fingerprint density at radius 3 is 2.50 bits per heavy atom. The van der Waals surface area contributed by atoms with E-state index in [1.54, 1.807) is 0 Å². The molecule has 146 valence electrons. The fourth-order valence-corrected chi connectivity index (χ4v) is 5.72. The van der Waals surface area contributed by atoms with Gasteiger partial charge in [0.1, 0.15) is 6.17 Å². The quantitative estimate of drug-likeness (QED) is 0.690. The lowest BCUT2D eigenvalue weighted by atomic mass is 9.65. The predicted octanol–water partition coefficient (Wildman–Crippen LogP) is 4.49. The Kier molecular flexibility index (Phi) is 4.11. The zero-order valence-electron chi connectivity index (χ0n) is 16.6. The molecule has 4 heteroatoms. The Bertz CT molecular complexity index is 996. The van der Waals surface area contributed by atoms with Gasteiger partial charge in [-0.25, -0.2) is 4.39 Å². The van der Waals surface area contributed by atoms with Gasteiger partial charge in [-0.15, -0.1) is 0 Å². The van der Waals surface area contributed by atoms with Crippen LogP contribution in [0.15, 0.2) is 54.6 Å². The van der Waals surface area contributed by atoms with Crippen molar-refractivity contribution in [2.75, 3.05) is 20.6 Å². The molecular weight excluding hydrogens is 349 g/mol. The normalized spacial score (nSPS) is 30.1. The number of fused-ring (bicyclic) bond motifs is 4. The first-order chi connectivity index (χ1) is 13.6. The highest BCUT2D eigenvalue weighted by molar-refractivity contribution is 5.85. The topological polar surface area (TPSA) is 31.1 Å². The predicted molar refractivity (Wildman–Crippen MR) is 112 cm³/mol. The fourth-order valence-electron chi connectivity index (χ4n) is 5.72. The van der Waals surface area contributed by atoms with Gasteiger partial charge in [0, 0.05) is 29.6 Å². The third-order valence-corrected chi connectivity index (χ3v) is 7.18. The monoisotopic (exact) mass is 377 g/mol. The number of benzene rings is 2. The number of H-pyrrole nitrogens is 1.